The fourth-order valence-corrected chi connectivity index (χ4v) is 3.75. The van der Waals surface area contributed by atoms with Gasteiger partial charge in [-0.1, -0.05) is 18.2 Å². The second kappa shape index (κ2) is 9.28. The van der Waals surface area contributed by atoms with Crippen LogP contribution in [0.3, 0.4) is 0 Å². The van der Waals surface area contributed by atoms with Crippen LogP contribution in [0.5, 0.6) is 5.75 Å². The van der Waals surface area contributed by atoms with E-state index in [1.54, 1.807) is 24.6 Å². The molecule has 3 rings (SSSR count). The third-order valence-electron chi connectivity index (χ3n) is 4.25. The molecule has 1 N–H and O–H groups in total. The number of carbonyl (C=O) groups excluding carboxylic acids is 1. The van der Waals surface area contributed by atoms with Crippen molar-refractivity contribution in [3.8, 4) is 16.5 Å². The number of carbonyl (C=O) groups is 1. The molecule has 5 nitrogen and oxygen atoms in total. The molecule has 0 fully saturated rings. The largest absolute Gasteiger partial charge is 0.497 e. The normalized spacial score (nSPS) is 10.6. The number of benzene rings is 1. The Kier molecular flexibility index (Phi) is 6.54. The first-order chi connectivity index (χ1) is 13.2. The molecule has 0 aliphatic carbocycles. The number of ether oxygens (including phenoxy) is 1. The predicted molar refractivity (Wildman–Crippen MR) is 108 cm³/mol. The molecule has 0 spiro atoms. The zero-order chi connectivity index (χ0) is 19.1. The van der Waals surface area contributed by atoms with Crippen molar-refractivity contribution in [3.63, 3.8) is 0 Å². The maximum Gasteiger partial charge on any atom is 0.220 e. The number of pyridine rings is 1. The average molecular weight is 382 g/mol. The number of rotatable bonds is 8. The quantitative estimate of drug-likeness (QED) is 0.644. The van der Waals surface area contributed by atoms with Gasteiger partial charge in [0.15, 0.2) is 0 Å². The highest BCUT2D eigenvalue weighted by Gasteiger charge is 2.10. The van der Waals surface area contributed by atoms with Crippen LogP contribution in [-0.4, -0.2) is 29.5 Å². The number of aryl methyl sites for hydroxylation is 2. The molecule has 0 bridgehead atoms. The van der Waals surface area contributed by atoms with E-state index in [-0.39, 0.29) is 5.91 Å². The van der Waals surface area contributed by atoms with Crippen molar-refractivity contribution < 1.29 is 9.53 Å². The zero-order valence-corrected chi connectivity index (χ0v) is 16.4. The molecule has 6 heteroatoms. The molecular weight excluding hydrogens is 358 g/mol. The summed E-state index contributed by atoms with van der Waals surface area (Å²) in [7, 11) is 1.65. The van der Waals surface area contributed by atoms with Crippen LogP contribution in [0.1, 0.15) is 22.6 Å². The van der Waals surface area contributed by atoms with Crippen LogP contribution >= 0.6 is 11.3 Å². The summed E-state index contributed by atoms with van der Waals surface area (Å²) in [6, 6.07) is 13.6. The lowest BCUT2D eigenvalue weighted by atomic mass is 10.1. The molecule has 3 aromatic rings. The van der Waals surface area contributed by atoms with E-state index in [4.69, 9.17) is 4.74 Å². The summed E-state index contributed by atoms with van der Waals surface area (Å²) in [6.07, 6.45) is 3.76. The average Bonchev–Trinajstić information content (AvgIpc) is 3.08. The van der Waals surface area contributed by atoms with E-state index < -0.39 is 0 Å². The number of hydrogen-bond donors (Lipinski definition) is 1. The van der Waals surface area contributed by atoms with Gasteiger partial charge in [0.1, 0.15) is 10.8 Å². The van der Waals surface area contributed by atoms with Crippen molar-refractivity contribution in [3.05, 3.63) is 64.8 Å². The van der Waals surface area contributed by atoms with Gasteiger partial charge >= 0.3 is 0 Å². The molecule has 0 saturated carbocycles. The molecular formula is C21H23N3O2S. The zero-order valence-electron chi connectivity index (χ0n) is 15.6. The standard InChI is InChI=1S/C21H23N3O2S/c1-15-19(27-21(24-15)18-5-3-4-13-22-18)12-14-23-20(25)11-8-16-6-9-17(26-2)10-7-16/h3-7,9-10,13H,8,11-12,14H2,1-2H3,(H,23,25). The van der Waals surface area contributed by atoms with Gasteiger partial charge in [-0.15, -0.1) is 11.3 Å². The van der Waals surface area contributed by atoms with Gasteiger partial charge in [0, 0.05) is 30.5 Å². The summed E-state index contributed by atoms with van der Waals surface area (Å²) >= 11 is 1.64. The Bertz CT molecular complexity index is 876. The van der Waals surface area contributed by atoms with Crippen LogP contribution in [0.4, 0.5) is 0 Å². The molecule has 27 heavy (non-hydrogen) atoms. The van der Waals surface area contributed by atoms with Gasteiger partial charge in [-0.3, -0.25) is 9.78 Å². The highest BCUT2D eigenvalue weighted by atomic mass is 32.1. The molecule has 0 atom stereocenters. The van der Waals surface area contributed by atoms with Crippen LogP contribution in [0, 0.1) is 6.92 Å². The SMILES string of the molecule is COc1ccc(CCC(=O)NCCc2sc(-c3ccccn3)nc2C)cc1. The molecule has 0 saturated heterocycles. The Balaban J connectivity index is 1.45. The summed E-state index contributed by atoms with van der Waals surface area (Å²) in [6.45, 7) is 2.62. The second-order valence-electron chi connectivity index (χ2n) is 6.19. The van der Waals surface area contributed by atoms with E-state index in [2.05, 4.69) is 15.3 Å². The molecule has 0 radical (unpaired) electrons. The predicted octanol–water partition coefficient (Wildman–Crippen LogP) is 3.81. The molecule has 0 unspecified atom stereocenters. The van der Waals surface area contributed by atoms with Crippen molar-refractivity contribution in [2.45, 2.75) is 26.2 Å². The minimum absolute atomic E-state index is 0.0675. The lowest BCUT2D eigenvalue weighted by molar-refractivity contribution is -0.121. The van der Waals surface area contributed by atoms with Crippen LogP contribution in [0.25, 0.3) is 10.7 Å². The van der Waals surface area contributed by atoms with E-state index in [1.165, 1.54) is 4.88 Å². The summed E-state index contributed by atoms with van der Waals surface area (Å²) in [5.74, 6) is 0.895. The molecule has 1 aromatic carbocycles. The van der Waals surface area contributed by atoms with Gasteiger partial charge in [0.25, 0.3) is 0 Å². The van der Waals surface area contributed by atoms with Gasteiger partial charge in [-0.25, -0.2) is 4.98 Å². The van der Waals surface area contributed by atoms with Gasteiger partial charge < -0.3 is 10.1 Å². The molecule has 1 amide bonds. The van der Waals surface area contributed by atoms with Crippen LogP contribution in [-0.2, 0) is 17.6 Å². The topological polar surface area (TPSA) is 64.1 Å². The Morgan fingerprint density at radius 3 is 2.67 bits per heavy atom. The fraction of sp³-hybridized carbons (Fsp3) is 0.286. The minimum Gasteiger partial charge on any atom is -0.497 e. The van der Waals surface area contributed by atoms with Gasteiger partial charge in [0.2, 0.25) is 5.91 Å². The third-order valence-corrected chi connectivity index (χ3v) is 5.49. The van der Waals surface area contributed by atoms with Gasteiger partial charge in [0.05, 0.1) is 18.5 Å². The van der Waals surface area contributed by atoms with Crippen LogP contribution in [0.2, 0.25) is 0 Å². The van der Waals surface area contributed by atoms with Crippen molar-refractivity contribution in [1.82, 2.24) is 15.3 Å². The van der Waals surface area contributed by atoms with E-state index in [0.717, 1.165) is 40.6 Å². The number of amides is 1. The Labute approximate surface area is 163 Å². The minimum atomic E-state index is 0.0675. The van der Waals surface area contributed by atoms with E-state index >= 15 is 0 Å². The summed E-state index contributed by atoms with van der Waals surface area (Å²) < 4.78 is 5.14. The molecule has 2 heterocycles. The summed E-state index contributed by atoms with van der Waals surface area (Å²) in [4.78, 5) is 22.2. The lowest BCUT2D eigenvalue weighted by Crippen LogP contribution is -2.25. The summed E-state index contributed by atoms with van der Waals surface area (Å²) in [5, 5.41) is 3.92. The van der Waals surface area contributed by atoms with E-state index in [9.17, 15) is 4.79 Å². The molecule has 2 aromatic heterocycles. The van der Waals surface area contributed by atoms with Crippen molar-refractivity contribution in [2.24, 2.45) is 0 Å². The highest BCUT2D eigenvalue weighted by Crippen LogP contribution is 2.26. The highest BCUT2D eigenvalue weighted by molar-refractivity contribution is 7.15. The number of nitrogens with zero attached hydrogens (tertiary/aromatic N) is 2. The van der Waals surface area contributed by atoms with Crippen LogP contribution < -0.4 is 10.1 Å². The first kappa shape index (κ1) is 19.0. The number of hydrogen-bond acceptors (Lipinski definition) is 5. The Morgan fingerprint density at radius 2 is 1.96 bits per heavy atom. The number of methoxy groups -OCH3 is 1. The van der Waals surface area contributed by atoms with Crippen LogP contribution in [0.15, 0.2) is 48.7 Å². The van der Waals surface area contributed by atoms with E-state index in [1.807, 2.05) is 49.4 Å². The molecule has 140 valence electrons. The Morgan fingerprint density at radius 1 is 1.15 bits per heavy atom. The maximum atomic E-state index is 12.1. The summed E-state index contributed by atoms with van der Waals surface area (Å²) in [5.41, 5.74) is 3.03. The third kappa shape index (κ3) is 5.37. The van der Waals surface area contributed by atoms with E-state index in [0.29, 0.717) is 13.0 Å². The Hall–Kier alpha value is -2.73. The van der Waals surface area contributed by atoms with Crippen molar-refractivity contribution in [1.29, 1.82) is 0 Å². The second-order valence-corrected chi connectivity index (χ2v) is 7.27. The number of aromatic nitrogens is 2. The number of thiazole rings is 1. The van der Waals surface area contributed by atoms with Crippen molar-refractivity contribution in [2.75, 3.05) is 13.7 Å². The first-order valence-electron chi connectivity index (χ1n) is 8.93. The van der Waals surface area contributed by atoms with Crippen molar-refractivity contribution >= 4 is 17.2 Å². The molecule has 0 aliphatic heterocycles. The fourth-order valence-electron chi connectivity index (χ4n) is 2.71. The monoisotopic (exact) mass is 381 g/mol. The smallest absolute Gasteiger partial charge is 0.220 e. The number of nitrogens with one attached hydrogen (secondary N) is 1. The maximum absolute atomic E-state index is 12.1. The van der Waals surface area contributed by atoms with Gasteiger partial charge in [-0.05, 0) is 43.2 Å². The molecule has 0 aliphatic rings. The van der Waals surface area contributed by atoms with Gasteiger partial charge in [-0.2, -0.15) is 0 Å². The lowest BCUT2D eigenvalue weighted by Gasteiger charge is -2.06. The first-order valence-corrected chi connectivity index (χ1v) is 9.74.